The normalized spacial score (nSPS) is 17.1. The van der Waals surface area contributed by atoms with Crippen LogP contribution >= 0.6 is 0 Å². The Morgan fingerprint density at radius 3 is 3.00 bits per heavy atom. The third-order valence-corrected chi connectivity index (χ3v) is 2.73. The zero-order valence-electron chi connectivity index (χ0n) is 7.77. The molecule has 0 amide bonds. The number of nitrogens with one attached hydrogen (secondary N) is 1. The first-order valence-corrected chi connectivity index (χ1v) is 4.78. The predicted octanol–water partition coefficient (Wildman–Crippen LogP) is 0.603. The van der Waals surface area contributed by atoms with E-state index in [0.29, 0.717) is 5.92 Å². The van der Waals surface area contributed by atoms with Gasteiger partial charge in [-0.2, -0.15) is 0 Å². The molecule has 3 N–H and O–H groups in total. The molecule has 0 spiro atoms. The number of pyridine rings is 1. The Bertz CT molecular complexity index is 470. The van der Waals surface area contributed by atoms with Crippen LogP contribution in [-0.2, 0) is 0 Å². The van der Waals surface area contributed by atoms with Crippen molar-refractivity contribution in [3.05, 3.63) is 30.4 Å². The van der Waals surface area contributed by atoms with Gasteiger partial charge in [0.05, 0.1) is 11.7 Å². The van der Waals surface area contributed by atoms with Gasteiger partial charge in [-0.1, -0.05) is 0 Å². The zero-order chi connectivity index (χ0) is 9.54. The lowest BCUT2D eigenvalue weighted by atomic mass is 10.0. The van der Waals surface area contributed by atoms with Crippen molar-refractivity contribution in [3.8, 4) is 0 Å². The van der Waals surface area contributed by atoms with Gasteiger partial charge in [0.15, 0.2) is 0 Å². The van der Waals surface area contributed by atoms with E-state index in [2.05, 4.69) is 14.7 Å². The van der Waals surface area contributed by atoms with E-state index in [1.807, 2.05) is 24.5 Å². The predicted molar refractivity (Wildman–Crippen MR) is 55.2 cm³/mol. The molecule has 1 saturated heterocycles. The van der Waals surface area contributed by atoms with Crippen molar-refractivity contribution in [3.63, 3.8) is 0 Å². The molecule has 0 unspecified atom stereocenters. The van der Waals surface area contributed by atoms with Gasteiger partial charge in [0.2, 0.25) is 0 Å². The van der Waals surface area contributed by atoms with Crippen molar-refractivity contribution in [1.82, 2.24) is 14.7 Å². The van der Waals surface area contributed by atoms with Crippen LogP contribution in [0.1, 0.15) is 11.7 Å². The Kier molecular flexibility index (Phi) is 1.52. The molecule has 0 bridgehead atoms. The monoisotopic (exact) mass is 188 g/mol. The van der Waals surface area contributed by atoms with Crippen LogP contribution in [0, 0.1) is 0 Å². The Morgan fingerprint density at radius 2 is 2.29 bits per heavy atom. The second kappa shape index (κ2) is 2.72. The summed E-state index contributed by atoms with van der Waals surface area (Å²) in [6, 6.07) is 3.90. The largest absolute Gasteiger partial charge is 0.398 e. The molecule has 2 aromatic rings. The summed E-state index contributed by atoms with van der Waals surface area (Å²) in [4.78, 5) is 4.43. The van der Waals surface area contributed by atoms with Crippen molar-refractivity contribution in [2.45, 2.75) is 5.92 Å². The second-order valence-electron chi connectivity index (χ2n) is 3.73. The number of hydrogen-bond acceptors (Lipinski definition) is 3. The van der Waals surface area contributed by atoms with Crippen LogP contribution in [0.4, 0.5) is 5.69 Å². The van der Waals surface area contributed by atoms with E-state index in [1.54, 1.807) is 0 Å². The molecular formula is C10H12N4. The summed E-state index contributed by atoms with van der Waals surface area (Å²) in [7, 11) is 0. The topological polar surface area (TPSA) is 55.3 Å². The SMILES string of the molecule is Nc1ccc2cnc(C3CNC3)n2c1. The minimum absolute atomic E-state index is 0.541. The zero-order valence-corrected chi connectivity index (χ0v) is 7.77. The van der Waals surface area contributed by atoms with Crippen molar-refractivity contribution in [2.75, 3.05) is 18.8 Å². The molecule has 1 aliphatic rings. The van der Waals surface area contributed by atoms with E-state index in [-0.39, 0.29) is 0 Å². The maximum atomic E-state index is 5.75. The van der Waals surface area contributed by atoms with Gasteiger partial charge in [-0.3, -0.25) is 0 Å². The van der Waals surface area contributed by atoms with Crippen molar-refractivity contribution in [2.24, 2.45) is 0 Å². The maximum absolute atomic E-state index is 5.75. The van der Waals surface area contributed by atoms with Gasteiger partial charge in [0.25, 0.3) is 0 Å². The van der Waals surface area contributed by atoms with Crippen molar-refractivity contribution in [1.29, 1.82) is 0 Å². The van der Waals surface area contributed by atoms with Gasteiger partial charge in [-0.05, 0) is 12.1 Å². The van der Waals surface area contributed by atoms with E-state index < -0.39 is 0 Å². The standard InChI is InChI=1S/C10H12N4/c11-8-1-2-9-5-13-10(14(9)6-8)7-3-12-4-7/h1-2,5-7,12H,3-4,11H2. The third-order valence-electron chi connectivity index (χ3n) is 2.73. The summed E-state index contributed by atoms with van der Waals surface area (Å²) >= 11 is 0. The first kappa shape index (κ1) is 7.82. The lowest BCUT2D eigenvalue weighted by Crippen LogP contribution is -2.40. The summed E-state index contributed by atoms with van der Waals surface area (Å²) in [6.07, 6.45) is 3.84. The molecule has 3 rings (SSSR count). The number of nitrogens with two attached hydrogens (primary N) is 1. The Morgan fingerprint density at radius 1 is 1.43 bits per heavy atom. The van der Waals surface area contributed by atoms with Gasteiger partial charge in [-0.15, -0.1) is 0 Å². The molecule has 4 heteroatoms. The van der Waals surface area contributed by atoms with Gasteiger partial charge in [-0.25, -0.2) is 4.98 Å². The summed E-state index contributed by atoms with van der Waals surface area (Å²) in [5, 5.41) is 3.24. The highest BCUT2D eigenvalue weighted by atomic mass is 15.1. The number of nitrogen functional groups attached to an aromatic ring is 1. The maximum Gasteiger partial charge on any atom is 0.118 e. The van der Waals surface area contributed by atoms with Crippen LogP contribution in [-0.4, -0.2) is 22.5 Å². The van der Waals surface area contributed by atoms with E-state index in [0.717, 1.165) is 30.1 Å². The second-order valence-corrected chi connectivity index (χ2v) is 3.73. The van der Waals surface area contributed by atoms with Crippen LogP contribution in [0.25, 0.3) is 5.52 Å². The Labute approximate surface area is 81.7 Å². The smallest absolute Gasteiger partial charge is 0.118 e. The number of imidazole rings is 1. The van der Waals surface area contributed by atoms with Crippen LogP contribution in [0.5, 0.6) is 0 Å². The molecule has 0 aliphatic carbocycles. The van der Waals surface area contributed by atoms with E-state index in [4.69, 9.17) is 5.73 Å². The lowest BCUT2D eigenvalue weighted by Gasteiger charge is -2.25. The van der Waals surface area contributed by atoms with Crippen molar-refractivity contribution >= 4 is 11.2 Å². The molecule has 0 aromatic carbocycles. The fourth-order valence-electron chi connectivity index (χ4n) is 1.80. The molecule has 0 radical (unpaired) electrons. The number of hydrogen-bond donors (Lipinski definition) is 2. The van der Waals surface area contributed by atoms with Crippen LogP contribution < -0.4 is 11.1 Å². The fraction of sp³-hybridized carbons (Fsp3) is 0.300. The average molecular weight is 188 g/mol. The number of anilines is 1. The summed E-state index contributed by atoms with van der Waals surface area (Å²) in [6.45, 7) is 2.04. The molecule has 2 aromatic heterocycles. The van der Waals surface area contributed by atoms with Gasteiger partial charge in [0, 0.05) is 30.9 Å². The molecule has 1 aliphatic heterocycles. The summed E-state index contributed by atoms with van der Waals surface area (Å²) < 4.78 is 2.08. The molecule has 3 heterocycles. The Balaban J connectivity index is 2.18. The van der Waals surface area contributed by atoms with Crippen LogP contribution in [0.3, 0.4) is 0 Å². The van der Waals surface area contributed by atoms with Gasteiger partial charge in [0.1, 0.15) is 5.82 Å². The molecular weight excluding hydrogens is 176 g/mol. The van der Waals surface area contributed by atoms with Crippen LogP contribution in [0.15, 0.2) is 24.5 Å². The molecule has 4 nitrogen and oxygen atoms in total. The van der Waals surface area contributed by atoms with Gasteiger partial charge < -0.3 is 15.5 Å². The third kappa shape index (κ3) is 1.01. The number of nitrogens with zero attached hydrogens (tertiary/aromatic N) is 2. The minimum atomic E-state index is 0.541. The highest BCUT2D eigenvalue weighted by molar-refractivity contribution is 5.52. The number of aromatic nitrogens is 2. The molecule has 72 valence electrons. The molecule has 14 heavy (non-hydrogen) atoms. The fourth-order valence-corrected chi connectivity index (χ4v) is 1.80. The average Bonchev–Trinajstić information content (AvgIpc) is 2.46. The van der Waals surface area contributed by atoms with Gasteiger partial charge >= 0.3 is 0 Å². The summed E-state index contributed by atoms with van der Waals surface area (Å²) in [5.41, 5.74) is 7.64. The molecule has 0 atom stereocenters. The van der Waals surface area contributed by atoms with E-state index >= 15 is 0 Å². The van der Waals surface area contributed by atoms with Crippen LogP contribution in [0.2, 0.25) is 0 Å². The first-order chi connectivity index (χ1) is 6.84. The first-order valence-electron chi connectivity index (χ1n) is 4.78. The van der Waals surface area contributed by atoms with E-state index in [9.17, 15) is 0 Å². The Hall–Kier alpha value is -1.55. The van der Waals surface area contributed by atoms with Crippen molar-refractivity contribution < 1.29 is 0 Å². The minimum Gasteiger partial charge on any atom is -0.398 e. The molecule has 0 saturated carbocycles. The highest BCUT2D eigenvalue weighted by Crippen LogP contribution is 2.20. The lowest BCUT2D eigenvalue weighted by molar-refractivity contribution is 0.429. The number of fused-ring (bicyclic) bond motifs is 1. The highest BCUT2D eigenvalue weighted by Gasteiger charge is 2.22. The quantitative estimate of drug-likeness (QED) is 0.689. The molecule has 1 fully saturated rings. The summed E-state index contributed by atoms with van der Waals surface area (Å²) in [5.74, 6) is 1.66. The number of rotatable bonds is 1. The van der Waals surface area contributed by atoms with E-state index in [1.165, 1.54) is 0 Å².